The lowest BCUT2D eigenvalue weighted by molar-refractivity contribution is 0.155. The van der Waals surface area contributed by atoms with E-state index in [-0.39, 0.29) is 6.42 Å². The van der Waals surface area contributed by atoms with Crippen LogP contribution in [0.15, 0.2) is 24.3 Å². The van der Waals surface area contributed by atoms with E-state index in [1.54, 1.807) is 0 Å². The normalized spacial score (nSPS) is 12.9. The summed E-state index contributed by atoms with van der Waals surface area (Å²) >= 11 is 0. The van der Waals surface area contributed by atoms with E-state index in [1.807, 2.05) is 31.2 Å². The van der Waals surface area contributed by atoms with E-state index in [0.717, 1.165) is 11.1 Å². The van der Waals surface area contributed by atoms with Gasteiger partial charge in [0, 0.05) is 6.42 Å². The first kappa shape index (κ1) is 9.20. The standard InChI is InChI=1S/C10H13FO/c1-8-4-2-3-5-9(8)10(12)6-7-11/h2-5,10,12H,6-7H2,1H3. The van der Waals surface area contributed by atoms with Crippen molar-refractivity contribution in [2.75, 3.05) is 6.67 Å². The molecule has 1 N–H and O–H groups in total. The Labute approximate surface area is 71.9 Å². The van der Waals surface area contributed by atoms with Crippen LogP contribution in [0.5, 0.6) is 0 Å². The fourth-order valence-corrected chi connectivity index (χ4v) is 1.22. The van der Waals surface area contributed by atoms with Gasteiger partial charge in [0.2, 0.25) is 0 Å². The molecular weight excluding hydrogens is 155 g/mol. The van der Waals surface area contributed by atoms with Crippen LogP contribution in [-0.2, 0) is 0 Å². The maximum Gasteiger partial charge on any atom is 0.0922 e. The average Bonchev–Trinajstić information content (AvgIpc) is 2.05. The minimum Gasteiger partial charge on any atom is -0.388 e. The van der Waals surface area contributed by atoms with Gasteiger partial charge in [-0.3, -0.25) is 4.39 Å². The van der Waals surface area contributed by atoms with Crippen molar-refractivity contribution in [3.63, 3.8) is 0 Å². The van der Waals surface area contributed by atoms with Crippen molar-refractivity contribution in [1.82, 2.24) is 0 Å². The lowest BCUT2D eigenvalue weighted by Crippen LogP contribution is -2.00. The Hall–Kier alpha value is -0.890. The summed E-state index contributed by atoms with van der Waals surface area (Å²) in [6.45, 7) is 1.44. The summed E-state index contributed by atoms with van der Waals surface area (Å²) in [5, 5.41) is 9.46. The molecule has 0 aliphatic carbocycles. The summed E-state index contributed by atoms with van der Waals surface area (Å²) in [4.78, 5) is 0. The summed E-state index contributed by atoms with van der Waals surface area (Å²) in [5.74, 6) is 0. The number of hydrogen-bond donors (Lipinski definition) is 1. The zero-order valence-electron chi connectivity index (χ0n) is 7.13. The Bertz CT molecular complexity index is 247. The van der Waals surface area contributed by atoms with Crippen LogP contribution < -0.4 is 0 Å². The molecule has 0 aliphatic rings. The van der Waals surface area contributed by atoms with Crippen molar-refractivity contribution in [3.05, 3.63) is 35.4 Å². The van der Waals surface area contributed by atoms with Crippen molar-refractivity contribution < 1.29 is 9.50 Å². The average molecular weight is 168 g/mol. The molecule has 0 saturated carbocycles. The van der Waals surface area contributed by atoms with Crippen molar-refractivity contribution >= 4 is 0 Å². The number of aliphatic hydroxyl groups is 1. The Morgan fingerprint density at radius 3 is 2.67 bits per heavy atom. The number of aliphatic hydroxyl groups excluding tert-OH is 1. The maximum atomic E-state index is 11.9. The van der Waals surface area contributed by atoms with E-state index in [9.17, 15) is 9.50 Å². The number of rotatable bonds is 3. The second-order valence-electron chi connectivity index (χ2n) is 2.85. The van der Waals surface area contributed by atoms with Crippen molar-refractivity contribution in [3.8, 4) is 0 Å². The molecule has 1 nitrogen and oxygen atoms in total. The number of halogens is 1. The fraction of sp³-hybridized carbons (Fsp3) is 0.400. The summed E-state index contributed by atoms with van der Waals surface area (Å²) in [6.07, 6.45) is -0.471. The highest BCUT2D eigenvalue weighted by Gasteiger charge is 2.08. The van der Waals surface area contributed by atoms with E-state index in [1.165, 1.54) is 0 Å². The van der Waals surface area contributed by atoms with Gasteiger partial charge >= 0.3 is 0 Å². The highest BCUT2D eigenvalue weighted by atomic mass is 19.1. The number of aryl methyl sites for hydroxylation is 1. The monoisotopic (exact) mass is 168 g/mol. The zero-order valence-corrected chi connectivity index (χ0v) is 7.13. The van der Waals surface area contributed by atoms with Gasteiger partial charge < -0.3 is 5.11 Å². The predicted molar refractivity (Wildman–Crippen MR) is 46.7 cm³/mol. The summed E-state index contributed by atoms with van der Waals surface area (Å²) < 4.78 is 11.9. The first-order chi connectivity index (χ1) is 5.75. The molecule has 1 unspecified atom stereocenters. The van der Waals surface area contributed by atoms with Gasteiger partial charge in [-0.1, -0.05) is 24.3 Å². The highest BCUT2D eigenvalue weighted by Crippen LogP contribution is 2.19. The van der Waals surface area contributed by atoms with Gasteiger partial charge in [0.05, 0.1) is 12.8 Å². The van der Waals surface area contributed by atoms with Crippen LogP contribution in [0, 0.1) is 6.92 Å². The Morgan fingerprint density at radius 1 is 1.42 bits per heavy atom. The first-order valence-electron chi connectivity index (χ1n) is 4.05. The second kappa shape index (κ2) is 4.21. The van der Waals surface area contributed by atoms with Gasteiger partial charge in [-0.25, -0.2) is 0 Å². The molecule has 0 aliphatic heterocycles. The Kier molecular flexibility index (Phi) is 3.23. The van der Waals surface area contributed by atoms with Crippen LogP contribution in [0.3, 0.4) is 0 Å². The second-order valence-corrected chi connectivity index (χ2v) is 2.85. The molecule has 2 heteroatoms. The van der Waals surface area contributed by atoms with Crippen molar-refractivity contribution in [1.29, 1.82) is 0 Å². The molecule has 1 aromatic rings. The molecule has 0 fully saturated rings. The van der Waals surface area contributed by atoms with Gasteiger partial charge in [-0.2, -0.15) is 0 Å². The summed E-state index contributed by atoms with van der Waals surface area (Å²) in [5.41, 5.74) is 1.84. The van der Waals surface area contributed by atoms with Gasteiger partial charge in [0.15, 0.2) is 0 Å². The highest BCUT2D eigenvalue weighted by molar-refractivity contribution is 5.27. The maximum absolute atomic E-state index is 11.9. The summed E-state index contributed by atoms with van der Waals surface area (Å²) in [7, 11) is 0. The molecule has 66 valence electrons. The van der Waals surface area contributed by atoms with Crippen LogP contribution in [0.1, 0.15) is 23.7 Å². The van der Waals surface area contributed by atoms with Gasteiger partial charge in [-0.15, -0.1) is 0 Å². The van der Waals surface area contributed by atoms with Gasteiger partial charge in [0.25, 0.3) is 0 Å². The molecule has 0 saturated heterocycles. The minimum atomic E-state index is -0.656. The molecular formula is C10H13FO. The molecule has 12 heavy (non-hydrogen) atoms. The number of hydrogen-bond acceptors (Lipinski definition) is 1. The molecule has 0 amide bonds. The van der Waals surface area contributed by atoms with E-state index in [4.69, 9.17) is 0 Å². The third-order valence-corrected chi connectivity index (χ3v) is 1.93. The molecule has 0 aromatic heterocycles. The van der Waals surface area contributed by atoms with E-state index in [0.29, 0.717) is 0 Å². The molecule has 0 heterocycles. The third-order valence-electron chi connectivity index (χ3n) is 1.93. The predicted octanol–water partition coefficient (Wildman–Crippen LogP) is 2.39. The van der Waals surface area contributed by atoms with Crippen LogP contribution in [-0.4, -0.2) is 11.8 Å². The molecule has 1 aromatic carbocycles. The fourth-order valence-electron chi connectivity index (χ4n) is 1.22. The molecule has 1 atom stereocenters. The van der Waals surface area contributed by atoms with E-state index < -0.39 is 12.8 Å². The van der Waals surface area contributed by atoms with Gasteiger partial charge in [-0.05, 0) is 18.1 Å². The van der Waals surface area contributed by atoms with Crippen LogP contribution >= 0.6 is 0 Å². The number of alkyl halides is 1. The van der Waals surface area contributed by atoms with E-state index >= 15 is 0 Å². The van der Waals surface area contributed by atoms with Gasteiger partial charge in [0.1, 0.15) is 0 Å². The van der Waals surface area contributed by atoms with Crippen molar-refractivity contribution in [2.24, 2.45) is 0 Å². The van der Waals surface area contributed by atoms with E-state index in [2.05, 4.69) is 0 Å². The van der Waals surface area contributed by atoms with Crippen molar-refractivity contribution in [2.45, 2.75) is 19.4 Å². The number of benzene rings is 1. The smallest absolute Gasteiger partial charge is 0.0922 e. The molecule has 0 radical (unpaired) electrons. The minimum absolute atomic E-state index is 0.185. The Balaban J connectivity index is 2.79. The molecule has 0 bridgehead atoms. The molecule has 0 spiro atoms. The summed E-state index contributed by atoms with van der Waals surface area (Å²) in [6, 6.07) is 7.50. The lowest BCUT2D eigenvalue weighted by atomic mass is 10.0. The Morgan fingerprint density at radius 2 is 2.08 bits per heavy atom. The topological polar surface area (TPSA) is 20.2 Å². The SMILES string of the molecule is Cc1ccccc1C(O)CCF. The van der Waals surface area contributed by atoms with Crippen LogP contribution in [0.2, 0.25) is 0 Å². The lowest BCUT2D eigenvalue weighted by Gasteiger charge is -2.10. The molecule has 1 rings (SSSR count). The quantitative estimate of drug-likeness (QED) is 0.734. The third kappa shape index (κ3) is 2.05. The zero-order chi connectivity index (χ0) is 8.97. The van der Waals surface area contributed by atoms with Crippen LogP contribution in [0.4, 0.5) is 4.39 Å². The first-order valence-corrected chi connectivity index (χ1v) is 4.05. The largest absolute Gasteiger partial charge is 0.388 e. The van der Waals surface area contributed by atoms with Crippen LogP contribution in [0.25, 0.3) is 0 Å².